The lowest BCUT2D eigenvalue weighted by Gasteiger charge is -2.36. The van der Waals surface area contributed by atoms with Crippen molar-refractivity contribution in [2.75, 3.05) is 33.2 Å². The number of likely N-dealkylation sites (tertiary alicyclic amines) is 1. The molecule has 0 aromatic heterocycles. The molecular weight excluding hydrogens is 214 g/mol. The number of hydrogen-bond acceptors (Lipinski definition) is 3. The monoisotopic (exact) mass is 241 g/mol. The summed E-state index contributed by atoms with van der Waals surface area (Å²) in [5.41, 5.74) is 0. The summed E-state index contributed by atoms with van der Waals surface area (Å²) in [5.74, 6) is 0.868. The second-order valence-electron chi connectivity index (χ2n) is 5.03. The van der Waals surface area contributed by atoms with E-state index in [1.54, 1.807) is 0 Å². The maximum atomic E-state index is 11.9. The lowest BCUT2D eigenvalue weighted by Crippen LogP contribution is -2.50. The van der Waals surface area contributed by atoms with Crippen LogP contribution in [0.4, 0.5) is 0 Å². The maximum absolute atomic E-state index is 11.9. The molecule has 0 aromatic carbocycles. The van der Waals surface area contributed by atoms with Crippen molar-refractivity contribution in [1.82, 2.24) is 15.5 Å². The van der Waals surface area contributed by atoms with Crippen LogP contribution >= 0.6 is 0 Å². The summed E-state index contributed by atoms with van der Waals surface area (Å²) in [5, 5.41) is 6.21. The summed E-state index contributed by atoms with van der Waals surface area (Å²) in [6.45, 7) is 8.04. The van der Waals surface area contributed by atoms with Crippen molar-refractivity contribution < 1.29 is 4.79 Å². The molecule has 0 aromatic rings. The van der Waals surface area contributed by atoms with Gasteiger partial charge in [-0.25, -0.2) is 0 Å². The SMILES string of the molecule is CCCNC(=O)C(C)N1CCCC(CNC)C1. The molecule has 1 aliphatic rings. The normalized spacial score (nSPS) is 23.4. The van der Waals surface area contributed by atoms with Crippen LogP contribution in [0, 0.1) is 5.92 Å². The topological polar surface area (TPSA) is 44.4 Å². The van der Waals surface area contributed by atoms with E-state index in [4.69, 9.17) is 0 Å². The van der Waals surface area contributed by atoms with Crippen molar-refractivity contribution in [1.29, 1.82) is 0 Å². The first kappa shape index (κ1) is 14.5. The van der Waals surface area contributed by atoms with Crippen molar-refractivity contribution in [2.45, 2.75) is 39.2 Å². The highest BCUT2D eigenvalue weighted by atomic mass is 16.2. The van der Waals surface area contributed by atoms with Gasteiger partial charge in [0, 0.05) is 13.1 Å². The average molecular weight is 241 g/mol. The van der Waals surface area contributed by atoms with E-state index in [0.29, 0.717) is 5.92 Å². The Labute approximate surface area is 105 Å². The first-order valence-electron chi connectivity index (χ1n) is 6.85. The Kier molecular flexibility index (Phi) is 6.52. The van der Waals surface area contributed by atoms with Crippen LogP contribution in [0.5, 0.6) is 0 Å². The number of carbonyl (C=O) groups excluding carboxylic acids is 1. The first-order chi connectivity index (χ1) is 8.19. The fourth-order valence-corrected chi connectivity index (χ4v) is 2.47. The Morgan fingerprint density at radius 2 is 2.29 bits per heavy atom. The molecule has 1 aliphatic heterocycles. The van der Waals surface area contributed by atoms with Gasteiger partial charge < -0.3 is 10.6 Å². The Bertz CT molecular complexity index is 231. The molecule has 2 unspecified atom stereocenters. The average Bonchev–Trinajstić information content (AvgIpc) is 2.35. The van der Waals surface area contributed by atoms with E-state index in [1.165, 1.54) is 12.8 Å². The molecule has 1 rings (SSSR count). The molecule has 0 saturated carbocycles. The molecular formula is C13H27N3O. The van der Waals surface area contributed by atoms with Crippen molar-refractivity contribution in [3.63, 3.8) is 0 Å². The van der Waals surface area contributed by atoms with Crippen LogP contribution in [-0.4, -0.2) is 50.1 Å². The third-order valence-corrected chi connectivity index (χ3v) is 3.52. The highest BCUT2D eigenvalue weighted by molar-refractivity contribution is 5.81. The number of rotatable bonds is 6. The Morgan fingerprint density at radius 3 is 2.94 bits per heavy atom. The van der Waals surface area contributed by atoms with E-state index in [2.05, 4.69) is 22.5 Å². The van der Waals surface area contributed by atoms with Crippen LogP contribution in [-0.2, 0) is 4.79 Å². The molecule has 100 valence electrons. The van der Waals surface area contributed by atoms with Gasteiger partial charge in [-0.15, -0.1) is 0 Å². The third kappa shape index (κ3) is 4.64. The molecule has 2 atom stereocenters. The smallest absolute Gasteiger partial charge is 0.237 e. The summed E-state index contributed by atoms with van der Waals surface area (Å²) in [7, 11) is 2.00. The molecule has 4 heteroatoms. The van der Waals surface area contributed by atoms with Gasteiger partial charge in [0.05, 0.1) is 6.04 Å². The summed E-state index contributed by atoms with van der Waals surface area (Å²) < 4.78 is 0. The lowest BCUT2D eigenvalue weighted by molar-refractivity contribution is -0.126. The van der Waals surface area contributed by atoms with Crippen molar-refractivity contribution in [2.24, 2.45) is 5.92 Å². The quantitative estimate of drug-likeness (QED) is 0.724. The predicted molar refractivity (Wildman–Crippen MR) is 71.0 cm³/mol. The van der Waals surface area contributed by atoms with Gasteiger partial charge in [-0.05, 0) is 52.2 Å². The van der Waals surface area contributed by atoms with Crippen LogP contribution in [0.15, 0.2) is 0 Å². The molecule has 0 bridgehead atoms. The minimum absolute atomic E-state index is 0.0150. The van der Waals surface area contributed by atoms with Gasteiger partial charge in [0.15, 0.2) is 0 Å². The summed E-state index contributed by atoms with van der Waals surface area (Å²) in [6.07, 6.45) is 3.49. The van der Waals surface area contributed by atoms with E-state index in [1.807, 2.05) is 14.0 Å². The van der Waals surface area contributed by atoms with Crippen LogP contribution in [0.1, 0.15) is 33.1 Å². The van der Waals surface area contributed by atoms with Gasteiger partial charge in [0.1, 0.15) is 0 Å². The number of piperidine rings is 1. The maximum Gasteiger partial charge on any atom is 0.237 e. The number of nitrogens with zero attached hydrogens (tertiary/aromatic N) is 1. The lowest BCUT2D eigenvalue weighted by atomic mass is 9.96. The van der Waals surface area contributed by atoms with Gasteiger partial charge >= 0.3 is 0 Å². The highest BCUT2D eigenvalue weighted by Crippen LogP contribution is 2.17. The molecule has 0 spiro atoms. The molecule has 1 saturated heterocycles. The highest BCUT2D eigenvalue weighted by Gasteiger charge is 2.26. The standard InChI is InChI=1S/C13H27N3O/c1-4-7-15-13(17)11(2)16-8-5-6-12(10-16)9-14-3/h11-12,14H,4-10H2,1-3H3,(H,15,17). The van der Waals surface area contributed by atoms with Crippen LogP contribution in [0.25, 0.3) is 0 Å². The van der Waals surface area contributed by atoms with Crippen molar-refractivity contribution in [3.8, 4) is 0 Å². The van der Waals surface area contributed by atoms with E-state index < -0.39 is 0 Å². The molecule has 0 aliphatic carbocycles. The minimum Gasteiger partial charge on any atom is -0.355 e. The van der Waals surface area contributed by atoms with Crippen LogP contribution in [0.2, 0.25) is 0 Å². The molecule has 0 radical (unpaired) electrons. The third-order valence-electron chi connectivity index (χ3n) is 3.52. The summed E-state index contributed by atoms with van der Waals surface area (Å²) >= 11 is 0. The molecule has 1 fully saturated rings. The number of amides is 1. The minimum atomic E-state index is 0.0150. The molecule has 1 heterocycles. The largest absolute Gasteiger partial charge is 0.355 e. The zero-order valence-electron chi connectivity index (χ0n) is 11.5. The van der Waals surface area contributed by atoms with E-state index in [0.717, 1.165) is 32.6 Å². The Morgan fingerprint density at radius 1 is 1.53 bits per heavy atom. The van der Waals surface area contributed by atoms with Crippen molar-refractivity contribution >= 4 is 5.91 Å². The van der Waals surface area contributed by atoms with E-state index >= 15 is 0 Å². The Hall–Kier alpha value is -0.610. The zero-order valence-corrected chi connectivity index (χ0v) is 11.5. The number of carbonyl (C=O) groups is 1. The fourth-order valence-electron chi connectivity index (χ4n) is 2.47. The molecule has 4 nitrogen and oxygen atoms in total. The predicted octanol–water partition coefficient (Wildman–Crippen LogP) is 0.833. The van der Waals surface area contributed by atoms with E-state index in [9.17, 15) is 4.79 Å². The van der Waals surface area contributed by atoms with Crippen LogP contribution in [0.3, 0.4) is 0 Å². The Balaban J connectivity index is 2.39. The summed E-state index contributed by atoms with van der Waals surface area (Å²) in [6, 6.07) is 0.0150. The molecule has 2 N–H and O–H groups in total. The van der Waals surface area contributed by atoms with Gasteiger partial charge in [-0.2, -0.15) is 0 Å². The van der Waals surface area contributed by atoms with Gasteiger partial charge in [-0.1, -0.05) is 6.92 Å². The molecule has 17 heavy (non-hydrogen) atoms. The number of hydrogen-bond donors (Lipinski definition) is 2. The number of nitrogens with one attached hydrogen (secondary N) is 2. The van der Waals surface area contributed by atoms with Crippen LogP contribution < -0.4 is 10.6 Å². The molecule has 1 amide bonds. The second kappa shape index (κ2) is 7.67. The second-order valence-corrected chi connectivity index (χ2v) is 5.03. The van der Waals surface area contributed by atoms with Gasteiger partial charge in [0.25, 0.3) is 0 Å². The first-order valence-corrected chi connectivity index (χ1v) is 6.85. The summed E-state index contributed by atoms with van der Waals surface area (Å²) in [4.78, 5) is 14.2. The van der Waals surface area contributed by atoms with Gasteiger partial charge in [0.2, 0.25) is 5.91 Å². The van der Waals surface area contributed by atoms with Crippen molar-refractivity contribution in [3.05, 3.63) is 0 Å². The fraction of sp³-hybridized carbons (Fsp3) is 0.923. The van der Waals surface area contributed by atoms with E-state index in [-0.39, 0.29) is 11.9 Å². The van der Waals surface area contributed by atoms with Gasteiger partial charge in [-0.3, -0.25) is 9.69 Å². The zero-order chi connectivity index (χ0) is 12.7.